The van der Waals surface area contributed by atoms with Crippen molar-refractivity contribution in [3.8, 4) is 0 Å². The molecular weight excluding hydrogens is 328 g/mol. The Labute approximate surface area is 151 Å². The quantitative estimate of drug-likeness (QED) is 0.508. The van der Waals surface area contributed by atoms with Crippen LogP contribution in [0.5, 0.6) is 0 Å². The van der Waals surface area contributed by atoms with Crippen LogP contribution < -0.4 is 0 Å². The molecule has 0 saturated heterocycles. The van der Waals surface area contributed by atoms with E-state index in [0.717, 1.165) is 28.0 Å². The summed E-state index contributed by atoms with van der Waals surface area (Å²) in [6.45, 7) is 0. The van der Waals surface area contributed by atoms with Gasteiger partial charge in [-0.1, -0.05) is 72.3 Å². The summed E-state index contributed by atoms with van der Waals surface area (Å²) in [6.07, 6.45) is 16.6. The topological polar surface area (TPSA) is 13.1 Å². The Balaban J connectivity index is 1.61. The van der Waals surface area contributed by atoms with E-state index in [2.05, 4.69) is 60.7 Å². The van der Waals surface area contributed by atoms with Crippen LogP contribution in [-0.4, -0.2) is 0 Å². The fourth-order valence-electron chi connectivity index (χ4n) is 3.92. The zero-order valence-electron chi connectivity index (χ0n) is 13.7. The number of allylic oxidation sites excluding steroid dienone is 8. The maximum atomic E-state index is 6.36. The van der Waals surface area contributed by atoms with Crippen LogP contribution in [0.1, 0.15) is 5.56 Å². The summed E-state index contributed by atoms with van der Waals surface area (Å²) in [5.41, 5.74) is 4.32. The van der Waals surface area contributed by atoms with Gasteiger partial charge in [-0.25, -0.2) is 0 Å². The lowest BCUT2D eigenvalue weighted by Crippen LogP contribution is -2.12. The molecule has 0 spiro atoms. The van der Waals surface area contributed by atoms with Crippen molar-refractivity contribution in [3.63, 3.8) is 0 Å². The summed E-state index contributed by atoms with van der Waals surface area (Å²) < 4.78 is 6.01. The van der Waals surface area contributed by atoms with Crippen molar-refractivity contribution in [2.45, 2.75) is 6.42 Å². The van der Waals surface area contributed by atoms with Gasteiger partial charge >= 0.3 is 0 Å². The third-order valence-electron chi connectivity index (χ3n) is 5.08. The first-order valence-corrected chi connectivity index (χ1v) is 8.99. The van der Waals surface area contributed by atoms with Crippen molar-refractivity contribution < 1.29 is 4.42 Å². The molecule has 1 nitrogen and oxygen atoms in total. The molecule has 1 aromatic heterocycles. The van der Waals surface area contributed by atoms with E-state index in [-0.39, 0.29) is 0 Å². The standard InChI is InChI=1S/C23H17ClO/c24-19-13-18(12-15-9-10-16-5-1-2-6-17(16)11-15)23-20-7-3-4-8-21(20)25-22(23)14-19/h1-11,13-14,16-17H,12H2. The van der Waals surface area contributed by atoms with E-state index < -0.39 is 0 Å². The number of furan rings is 1. The Morgan fingerprint density at radius 2 is 1.76 bits per heavy atom. The highest BCUT2D eigenvalue weighted by molar-refractivity contribution is 6.31. The number of halogens is 1. The van der Waals surface area contributed by atoms with Gasteiger partial charge in [0.05, 0.1) is 0 Å². The van der Waals surface area contributed by atoms with Crippen molar-refractivity contribution in [2.75, 3.05) is 0 Å². The Hall–Kier alpha value is -2.51. The predicted octanol–water partition coefficient (Wildman–Crippen LogP) is 6.64. The summed E-state index contributed by atoms with van der Waals surface area (Å²) in [4.78, 5) is 0. The lowest BCUT2D eigenvalue weighted by Gasteiger charge is -2.23. The molecule has 0 bridgehead atoms. The molecule has 2 heteroatoms. The Kier molecular flexibility index (Phi) is 3.43. The molecule has 2 unspecified atom stereocenters. The molecule has 25 heavy (non-hydrogen) atoms. The molecule has 0 radical (unpaired) electrons. The molecule has 0 amide bonds. The van der Waals surface area contributed by atoms with Crippen LogP contribution in [-0.2, 0) is 6.42 Å². The predicted molar refractivity (Wildman–Crippen MR) is 105 cm³/mol. The Morgan fingerprint density at radius 1 is 0.920 bits per heavy atom. The number of fused-ring (bicyclic) bond motifs is 4. The first-order valence-electron chi connectivity index (χ1n) is 8.61. The van der Waals surface area contributed by atoms with Crippen LogP contribution in [0.25, 0.3) is 21.9 Å². The van der Waals surface area contributed by atoms with Gasteiger partial charge in [0, 0.05) is 33.7 Å². The normalized spacial score (nSPS) is 21.7. The summed E-state index contributed by atoms with van der Waals surface area (Å²) in [5, 5.41) is 3.05. The minimum atomic E-state index is 0.459. The van der Waals surface area contributed by atoms with E-state index in [1.54, 1.807) is 0 Å². The van der Waals surface area contributed by atoms with E-state index in [1.165, 1.54) is 16.5 Å². The van der Waals surface area contributed by atoms with Crippen molar-refractivity contribution in [1.29, 1.82) is 0 Å². The molecule has 122 valence electrons. The summed E-state index contributed by atoms with van der Waals surface area (Å²) >= 11 is 6.36. The monoisotopic (exact) mass is 344 g/mol. The van der Waals surface area contributed by atoms with Gasteiger partial charge in [0.25, 0.3) is 0 Å². The Morgan fingerprint density at radius 3 is 2.68 bits per heavy atom. The van der Waals surface area contributed by atoms with Gasteiger partial charge in [0.15, 0.2) is 0 Å². The number of rotatable bonds is 2. The molecular formula is C23H17ClO. The fourth-order valence-corrected chi connectivity index (χ4v) is 4.15. The van der Waals surface area contributed by atoms with Crippen molar-refractivity contribution in [2.24, 2.45) is 11.8 Å². The van der Waals surface area contributed by atoms with Gasteiger partial charge < -0.3 is 4.42 Å². The third-order valence-corrected chi connectivity index (χ3v) is 5.30. The first-order chi connectivity index (χ1) is 12.3. The molecule has 2 aliphatic carbocycles. The number of hydrogen-bond donors (Lipinski definition) is 0. The second-order valence-electron chi connectivity index (χ2n) is 6.74. The van der Waals surface area contributed by atoms with Crippen LogP contribution in [0.2, 0.25) is 5.02 Å². The van der Waals surface area contributed by atoms with Crippen LogP contribution in [0.3, 0.4) is 0 Å². The minimum Gasteiger partial charge on any atom is -0.456 e. The molecule has 0 saturated carbocycles. The Bertz CT molecular complexity index is 1090. The highest BCUT2D eigenvalue weighted by atomic mass is 35.5. The van der Waals surface area contributed by atoms with Gasteiger partial charge in [0.2, 0.25) is 0 Å². The zero-order chi connectivity index (χ0) is 16.8. The molecule has 0 N–H and O–H groups in total. The highest BCUT2D eigenvalue weighted by Gasteiger charge is 2.19. The van der Waals surface area contributed by atoms with E-state index >= 15 is 0 Å². The van der Waals surface area contributed by atoms with Gasteiger partial charge in [0.1, 0.15) is 11.2 Å². The highest BCUT2D eigenvalue weighted by Crippen LogP contribution is 2.36. The van der Waals surface area contributed by atoms with Crippen LogP contribution in [0.15, 0.2) is 88.9 Å². The smallest absolute Gasteiger partial charge is 0.137 e. The molecule has 5 rings (SSSR count). The molecule has 1 heterocycles. The largest absolute Gasteiger partial charge is 0.456 e. The van der Waals surface area contributed by atoms with E-state index in [1.807, 2.05) is 18.2 Å². The summed E-state index contributed by atoms with van der Waals surface area (Å²) in [7, 11) is 0. The van der Waals surface area contributed by atoms with Gasteiger partial charge in [-0.15, -0.1) is 0 Å². The summed E-state index contributed by atoms with van der Waals surface area (Å²) in [6, 6.07) is 12.2. The SMILES string of the molecule is Clc1cc(CC2=CC3C=CC=CC3C=C2)c2c(c1)oc1ccccc12. The lowest BCUT2D eigenvalue weighted by molar-refractivity contribution is 0.652. The minimum absolute atomic E-state index is 0.459. The van der Waals surface area contributed by atoms with Crippen molar-refractivity contribution in [3.05, 3.63) is 95.1 Å². The van der Waals surface area contributed by atoms with E-state index in [0.29, 0.717) is 11.8 Å². The fraction of sp³-hybridized carbons (Fsp3) is 0.130. The second kappa shape index (κ2) is 5.79. The molecule has 2 atom stereocenters. The van der Waals surface area contributed by atoms with E-state index in [4.69, 9.17) is 16.0 Å². The van der Waals surface area contributed by atoms with Crippen LogP contribution in [0, 0.1) is 11.8 Å². The number of hydrogen-bond acceptors (Lipinski definition) is 1. The zero-order valence-corrected chi connectivity index (χ0v) is 14.4. The average molecular weight is 345 g/mol. The molecule has 2 aromatic carbocycles. The van der Waals surface area contributed by atoms with Crippen molar-refractivity contribution in [1.82, 2.24) is 0 Å². The van der Waals surface area contributed by atoms with Crippen LogP contribution >= 0.6 is 11.6 Å². The van der Waals surface area contributed by atoms with Gasteiger partial charge in [-0.3, -0.25) is 0 Å². The molecule has 3 aromatic rings. The molecule has 0 aliphatic heterocycles. The third kappa shape index (κ3) is 2.56. The van der Waals surface area contributed by atoms with Crippen molar-refractivity contribution >= 4 is 33.5 Å². The number of benzene rings is 2. The molecule has 2 aliphatic rings. The van der Waals surface area contributed by atoms with Gasteiger partial charge in [-0.05, 0) is 29.7 Å². The lowest BCUT2D eigenvalue weighted by atomic mass is 9.82. The van der Waals surface area contributed by atoms with E-state index in [9.17, 15) is 0 Å². The maximum absolute atomic E-state index is 6.36. The second-order valence-corrected chi connectivity index (χ2v) is 7.17. The van der Waals surface area contributed by atoms with Crippen LogP contribution in [0.4, 0.5) is 0 Å². The van der Waals surface area contributed by atoms with Gasteiger partial charge in [-0.2, -0.15) is 0 Å². The first kappa shape index (κ1) is 14.8. The molecule has 0 fully saturated rings. The maximum Gasteiger partial charge on any atom is 0.137 e. The summed E-state index contributed by atoms with van der Waals surface area (Å²) in [5.74, 6) is 0.948. The number of para-hydroxylation sites is 1. The average Bonchev–Trinajstić information content (AvgIpc) is 2.99.